The number of nitrogens with one attached hydrogen (secondary N) is 1. The number of amides is 2. The average molecular weight is 365 g/mol. The monoisotopic (exact) mass is 365 g/mol. The SMILES string of the molecule is O=C(c1ncoc1-c1ccccc1)N1CCCC1CNC(=O)C12CC(C1)C2. The van der Waals surface area contributed by atoms with Crippen LogP contribution in [-0.4, -0.2) is 40.8 Å². The minimum Gasteiger partial charge on any atom is -0.443 e. The van der Waals surface area contributed by atoms with Gasteiger partial charge in [0, 0.05) is 30.1 Å². The zero-order chi connectivity index (χ0) is 18.4. The molecule has 4 fully saturated rings. The number of hydrogen-bond donors (Lipinski definition) is 1. The Morgan fingerprint density at radius 3 is 2.70 bits per heavy atom. The summed E-state index contributed by atoms with van der Waals surface area (Å²) in [5.74, 6) is 1.34. The van der Waals surface area contributed by atoms with E-state index in [1.54, 1.807) is 0 Å². The molecule has 1 aromatic heterocycles. The van der Waals surface area contributed by atoms with E-state index in [2.05, 4.69) is 10.3 Å². The van der Waals surface area contributed by atoms with Gasteiger partial charge in [0.1, 0.15) is 0 Å². The van der Waals surface area contributed by atoms with Crippen molar-refractivity contribution in [3.63, 3.8) is 0 Å². The number of oxazole rings is 1. The van der Waals surface area contributed by atoms with Crippen LogP contribution in [0, 0.1) is 11.3 Å². The first-order chi connectivity index (χ1) is 13.2. The van der Waals surface area contributed by atoms with Gasteiger partial charge in [-0.1, -0.05) is 30.3 Å². The molecule has 2 amide bonds. The highest BCUT2D eigenvalue weighted by molar-refractivity contribution is 5.98. The largest absolute Gasteiger partial charge is 0.443 e. The number of aromatic nitrogens is 1. The Bertz CT molecular complexity index is 859. The zero-order valence-electron chi connectivity index (χ0n) is 15.2. The third kappa shape index (κ3) is 2.66. The summed E-state index contributed by atoms with van der Waals surface area (Å²) < 4.78 is 5.51. The second-order valence-electron chi connectivity index (χ2n) is 8.16. The van der Waals surface area contributed by atoms with E-state index in [1.807, 2.05) is 35.2 Å². The highest BCUT2D eigenvalue weighted by atomic mass is 16.3. The highest BCUT2D eigenvalue weighted by Crippen LogP contribution is 2.64. The summed E-state index contributed by atoms with van der Waals surface area (Å²) in [6.45, 7) is 1.21. The lowest BCUT2D eigenvalue weighted by Crippen LogP contribution is -2.61. The first-order valence-corrected chi connectivity index (χ1v) is 9.74. The van der Waals surface area contributed by atoms with Crippen LogP contribution in [0.4, 0.5) is 0 Å². The van der Waals surface area contributed by atoms with Crippen molar-refractivity contribution >= 4 is 11.8 Å². The summed E-state index contributed by atoms with van der Waals surface area (Å²) in [6.07, 6.45) is 6.31. The van der Waals surface area contributed by atoms with Gasteiger partial charge >= 0.3 is 0 Å². The standard InChI is InChI=1S/C21H23N3O3/c25-19(17-18(27-13-23-17)15-5-2-1-3-6-15)24-8-4-7-16(24)12-22-20(26)21-9-14(10-21)11-21/h1-3,5-6,13-14,16H,4,7-12H2,(H,22,26). The van der Waals surface area contributed by atoms with Gasteiger partial charge in [0.25, 0.3) is 5.91 Å². The van der Waals surface area contributed by atoms with E-state index >= 15 is 0 Å². The van der Waals surface area contributed by atoms with Crippen LogP contribution in [0.15, 0.2) is 41.1 Å². The van der Waals surface area contributed by atoms with Crippen molar-refractivity contribution in [2.24, 2.45) is 11.3 Å². The fraction of sp³-hybridized carbons (Fsp3) is 0.476. The van der Waals surface area contributed by atoms with Crippen molar-refractivity contribution in [1.82, 2.24) is 15.2 Å². The van der Waals surface area contributed by atoms with Crippen LogP contribution in [0.5, 0.6) is 0 Å². The summed E-state index contributed by atoms with van der Waals surface area (Å²) in [7, 11) is 0. The molecule has 3 saturated carbocycles. The maximum atomic E-state index is 13.1. The molecular formula is C21H23N3O3. The van der Waals surface area contributed by atoms with Crippen LogP contribution in [0.1, 0.15) is 42.6 Å². The van der Waals surface area contributed by atoms with E-state index in [1.165, 1.54) is 6.39 Å². The number of rotatable bonds is 5. The van der Waals surface area contributed by atoms with Crippen LogP contribution in [0.3, 0.4) is 0 Å². The van der Waals surface area contributed by atoms with Gasteiger partial charge in [0.05, 0.1) is 0 Å². The molecule has 1 N–H and O–H groups in total. The van der Waals surface area contributed by atoms with Crippen molar-refractivity contribution in [1.29, 1.82) is 0 Å². The van der Waals surface area contributed by atoms with E-state index in [0.29, 0.717) is 24.5 Å². The molecule has 6 nitrogen and oxygen atoms in total. The van der Waals surface area contributed by atoms with Crippen molar-refractivity contribution in [3.05, 3.63) is 42.4 Å². The molecule has 4 aliphatic rings. The average Bonchev–Trinajstić information content (AvgIpc) is 3.27. The van der Waals surface area contributed by atoms with Gasteiger partial charge in [0.15, 0.2) is 17.8 Å². The van der Waals surface area contributed by atoms with Gasteiger partial charge in [-0.15, -0.1) is 0 Å². The van der Waals surface area contributed by atoms with Crippen molar-refractivity contribution in [2.45, 2.75) is 38.1 Å². The molecular weight excluding hydrogens is 342 g/mol. The molecule has 27 heavy (non-hydrogen) atoms. The number of nitrogens with zero attached hydrogens (tertiary/aromatic N) is 2. The summed E-state index contributed by atoms with van der Waals surface area (Å²) >= 11 is 0. The third-order valence-electron chi connectivity index (χ3n) is 6.46. The van der Waals surface area contributed by atoms with Crippen molar-refractivity contribution in [3.8, 4) is 11.3 Å². The van der Waals surface area contributed by atoms with Crippen molar-refractivity contribution < 1.29 is 14.0 Å². The van der Waals surface area contributed by atoms with Gasteiger partial charge in [-0.3, -0.25) is 9.59 Å². The van der Waals surface area contributed by atoms with E-state index < -0.39 is 0 Å². The molecule has 6 rings (SSSR count). The Morgan fingerprint density at radius 2 is 2.00 bits per heavy atom. The highest BCUT2D eigenvalue weighted by Gasteiger charge is 2.61. The molecule has 3 aliphatic carbocycles. The molecule has 2 aromatic rings. The van der Waals surface area contributed by atoms with Gasteiger partial charge in [0.2, 0.25) is 5.91 Å². The molecule has 1 aromatic carbocycles. The molecule has 6 heteroatoms. The molecule has 1 saturated heterocycles. The molecule has 0 radical (unpaired) electrons. The third-order valence-corrected chi connectivity index (χ3v) is 6.46. The van der Waals surface area contributed by atoms with Gasteiger partial charge in [-0.2, -0.15) is 0 Å². The lowest BCUT2D eigenvalue weighted by atomic mass is 9.44. The van der Waals surface area contributed by atoms with Crippen LogP contribution in [0.2, 0.25) is 0 Å². The molecule has 1 atom stereocenters. The number of hydrogen-bond acceptors (Lipinski definition) is 4. The minimum absolute atomic E-state index is 0.0223. The fourth-order valence-corrected chi connectivity index (χ4v) is 4.80. The molecule has 0 spiro atoms. The van der Waals surface area contributed by atoms with E-state index in [4.69, 9.17) is 4.42 Å². The molecule has 140 valence electrons. The van der Waals surface area contributed by atoms with Crippen LogP contribution >= 0.6 is 0 Å². The quantitative estimate of drug-likeness (QED) is 0.884. The first kappa shape index (κ1) is 16.5. The summed E-state index contributed by atoms with van der Waals surface area (Å²) in [5, 5.41) is 3.10. The second-order valence-corrected chi connectivity index (χ2v) is 8.16. The Kier molecular flexibility index (Phi) is 3.81. The van der Waals surface area contributed by atoms with Gasteiger partial charge in [-0.25, -0.2) is 4.98 Å². The topological polar surface area (TPSA) is 75.4 Å². The Labute approximate surface area is 157 Å². The molecule has 1 aliphatic heterocycles. The normalized spacial score (nSPS) is 28.4. The first-order valence-electron chi connectivity index (χ1n) is 9.74. The van der Waals surface area contributed by atoms with E-state index in [9.17, 15) is 9.59 Å². The Balaban J connectivity index is 1.28. The summed E-state index contributed by atoms with van der Waals surface area (Å²) in [5.41, 5.74) is 1.11. The molecule has 1 unspecified atom stereocenters. The maximum Gasteiger partial charge on any atom is 0.276 e. The number of likely N-dealkylation sites (tertiary alicyclic amines) is 1. The number of carbonyl (C=O) groups excluding carboxylic acids is 2. The van der Waals surface area contributed by atoms with E-state index in [-0.39, 0.29) is 23.3 Å². The predicted molar refractivity (Wildman–Crippen MR) is 98.8 cm³/mol. The van der Waals surface area contributed by atoms with Crippen molar-refractivity contribution in [2.75, 3.05) is 13.1 Å². The minimum atomic E-state index is -0.120. The molecule has 2 heterocycles. The van der Waals surface area contributed by atoms with Crippen LogP contribution in [-0.2, 0) is 4.79 Å². The summed E-state index contributed by atoms with van der Waals surface area (Å²) in [4.78, 5) is 31.6. The van der Waals surface area contributed by atoms with Gasteiger partial charge in [-0.05, 0) is 38.0 Å². The predicted octanol–water partition coefficient (Wildman–Crippen LogP) is 2.86. The second kappa shape index (κ2) is 6.22. The number of carbonyl (C=O) groups is 2. The summed E-state index contributed by atoms with van der Waals surface area (Å²) in [6, 6.07) is 9.57. The molecule has 2 bridgehead atoms. The van der Waals surface area contributed by atoms with Gasteiger partial charge < -0.3 is 14.6 Å². The maximum absolute atomic E-state index is 13.1. The fourth-order valence-electron chi connectivity index (χ4n) is 4.80. The Hall–Kier alpha value is -2.63. The van der Waals surface area contributed by atoms with Crippen LogP contribution in [0.25, 0.3) is 11.3 Å². The lowest BCUT2D eigenvalue weighted by molar-refractivity contribution is -0.165. The Morgan fingerprint density at radius 1 is 1.22 bits per heavy atom. The number of benzene rings is 1. The smallest absolute Gasteiger partial charge is 0.276 e. The van der Waals surface area contributed by atoms with E-state index in [0.717, 1.165) is 43.6 Å². The van der Waals surface area contributed by atoms with Crippen LogP contribution < -0.4 is 5.32 Å². The lowest BCUT2D eigenvalue weighted by Gasteiger charge is -2.60. The zero-order valence-corrected chi connectivity index (χ0v) is 15.2.